The van der Waals surface area contributed by atoms with Gasteiger partial charge in [-0.15, -0.1) is 0 Å². The first kappa shape index (κ1) is 15.0. The molecule has 0 aliphatic heterocycles. The Morgan fingerprint density at radius 2 is 2.00 bits per heavy atom. The molecule has 2 aromatic rings. The number of benzene rings is 1. The minimum Gasteiger partial charge on any atom is -0.494 e. The highest BCUT2D eigenvalue weighted by molar-refractivity contribution is 5.83. The number of nitrogens with zero attached hydrogens (tertiary/aromatic N) is 2. The zero-order valence-electron chi connectivity index (χ0n) is 12.0. The second-order valence-corrected chi connectivity index (χ2v) is 4.75. The molecule has 1 aromatic heterocycles. The molecule has 0 fully saturated rings. The maximum atomic E-state index is 10.7. The van der Waals surface area contributed by atoms with Gasteiger partial charge in [0.05, 0.1) is 6.61 Å². The molecule has 0 aliphatic rings. The number of nitrogens with one attached hydrogen (secondary N) is 1. The lowest BCUT2D eigenvalue weighted by Gasteiger charge is -2.06. The third kappa shape index (κ3) is 4.30. The van der Waals surface area contributed by atoms with Crippen LogP contribution in [0.5, 0.6) is 5.75 Å². The smallest absolute Gasteiger partial charge is 0.373 e. The van der Waals surface area contributed by atoms with E-state index in [1.54, 1.807) is 0 Å². The lowest BCUT2D eigenvalue weighted by Crippen LogP contribution is -1.98. The molecule has 1 heterocycles. The van der Waals surface area contributed by atoms with Gasteiger partial charge < -0.3 is 9.84 Å². The molecule has 0 spiro atoms. The fourth-order valence-corrected chi connectivity index (χ4v) is 1.91. The second kappa shape index (κ2) is 7.42. The van der Waals surface area contributed by atoms with E-state index in [2.05, 4.69) is 22.1 Å². The van der Waals surface area contributed by atoms with E-state index in [-0.39, 0.29) is 5.82 Å². The van der Waals surface area contributed by atoms with Crippen LogP contribution in [0.3, 0.4) is 0 Å². The summed E-state index contributed by atoms with van der Waals surface area (Å²) >= 11 is 0. The summed E-state index contributed by atoms with van der Waals surface area (Å²) in [5, 5.41) is 15.0. The van der Waals surface area contributed by atoms with Gasteiger partial charge in [0.15, 0.2) is 5.82 Å². The maximum absolute atomic E-state index is 10.7. The van der Waals surface area contributed by atoms with Gasteiger partial charge in [0.25, 0.3) is 0 Å². The number of H-pyrrole nitrogens is 1. The van der Waals surface area contributed by atoms with Crippen LogP contribution < -0.4 is 4.74 Å². The van der Waals surface area contributed by atoms with Gasteiger partial charge in [0.1, 0.15) is 5.75 Å². The van der Waals surface area contributed by atoms with Gasteiger partial charge in [0.2, 0.25) is 5.82 Å². The molecule has 1 aromatic carbocycles. The molecule has 6 nitrogen and oxygen atoms in total. The number of carboxylic acids is 1. The van der Waals surface area contributed by atoms with E-state index in [0.29, 0.717) is 12.4 Å². The molecule has 0 saturated heterocycles. The Balaban J connectivity index is 1.90. The lowest BCUT2D eigenvalue weighted by molar-refractivity contribution is 0.0684. The number of carbonyl (C=O) groups is 1. The van der Waals surface area contributed by atoms with Crippen molar-refractivity contribution in [3.63, 3.8) is 0 Å². The van der Waals surface area contributed by atoms with Crippen molar-refractivity contribution in [1.29, 1.82) is 0 Å². The van der Waals surface area contributed by atoms with E-state index in [9.17, 15) is 4.79 Å². The maximum Gasteiger partial charge on any atom is 0.373 e. The van der Waals surface area contributed by atoms with Gasteiger partial charge in [-0.1, -0.05) is 26.2 Å². The van der Waals surface area contributed by atoms with Gasteiger partial charge in [-0.25, -0.2) is 9.78 Å². The first-order valence-corrected chi connectivity index (χ1v) is 7.09. The standard InChI is InChI=1S/C15H19N3O3/c1-2-3-4-5-10-21-12-8-6-11(7-9-12)13-16-14(15(19)20)18-17-13/h6-9H,2-5,10H2,1H3,(H,19,20)(H,16,17,18). The van der Waals surface area contributed by atoms with Crippen molar-refractivity contribution in [2.24, 2.45) is 0 Å². The highest BCUT2D eigenvalue weighted by Crippen LogP contribution is 2.19. The van der Waals surface area contributed by atoms with Crippen LogP contribution >= 0.6 is 0 Å². The number of hydrogen-bond donors (Lipinski definition) is 2. The Morgan fingerprint density at radius 3 is 2.62 bits per heavy atom. The van der Waals surface area contributed by atoms with Crippen LogP contribution in [0.4, 0.5) is 0 Å². The second-order valence-electron chi connectivity index (χ2n) is 4.75. The minimum absolute atomic E-state index is 0.166. The van der Waals surface area contributed by atoms with E-state index in [4.69, 9.17) is 9.84 Å². The van der Waals surface area contributed by atoms with Crippen molar-refractivity contribution in [2.75, 3.05) is 6.61 Å². The van der Waals surface area contributed by atoms with Gasteiger partial charge >= 0.3 is 5.97 Å². The predicted octanol–water partition coefficient (Wildman–Crippen LogP) is 3.13. The summed E-state index contributed by atoms with van der Waals surface area (Å²) in [6.45, 7) is 2.89. The minimum atomic E-state index is -1.12. The molecule has 6 heteroatoms. The summed E-state index contributed by atoms with van der Waals surface area (Å²) in [6, 6.07) is 7.31. The molecule has 2 rings (SSSR count). The zero-order valence-corrected chi connectivity index (χ0v) is 12.0. The van der Waals surface area contributed by atoms with Crippen LogP contribution in [-0.2, 0) is 0 Å². The average Bonchev–Trinajstić information content (AvgIpc) is 2.98. The van der Waals surface area contributed by atoms with Gasteiger partial charge in [-0.2, -0.15) is 5.10 Å². The van der Waals surface area contributed by atoms with E-state index < -0.39 is 5.97 Å². The number of aromatic amines is 1. The van der Waals surface area contributed by atoms with Gasteiger partial charge in [-0.05, 0) is 30.7 Å². The van der Waals surface area contributed by atoms with Crippen molar-refractivity contribution in [3.05, 3.63) is 30.1 Å². The van der Waals surface area contributed by atoms with Gasteiger partial charge in [-0.3, -0.25) is 5.10 Å². The highest BCUT2D eigenvalue weighted by atomic mass is 16.5. The molecule has 0 atom stereocenters. The third-order valence-corrected chi connectivity index (χ3v) is 3.07. The SMILES string of the molecule is CCCCCCOc1ccc(-c2n[nH]c(C(=O)O)n2)cc1. The molecular weight excluding hydrogens is 270 g/mol. The molecule has 0 saturated carbocycles. The molecule has 0 unspecified atom stereocenters. The number of unbranched alkanes of at least 4 members (excludes halogenated alkanes) is 3. The summed E-state index contributed by atoms with van der Waals surface area (Å²) in [6.07, 6.45) is 4.69. The van der Waals surface area contributed by atoms with E-state index in [1.807, 2.05) is 24.3 Å². The third-order valence-electron chi connectivity index (χ3n) is 3.07. The number of carboxylic acid groups (broad SMARTS) is 1. The van der Waals surface area contributed by atoms with Crippen molar-refractivity contribution in [2.45, 2.75) is 32.6 Å². The quantitative estimate of drug-likeness (QED) is 0.729. The van der Waals surface area contributed by atoms with E-state index in [1.165, 1.54) is 19.3 Å². The summed E-state index contributed by atoms with van der Waals surface area (Å²) in [4.78, 5) is 14.6. The average molecular weight is 289 g/mol. The fraction of sp³-hybridized carbons (Fsp3) is 0.400. The Morgan fingerprint density at radius 1 is 1.24 bits per heavy atom. The molecule has 0 aliphatic carbocycles. The molecule has 0 radical (unpaired) electrons. The van der Waals surface area contributed by atoms with Crippen molar-refractivity contribution in [3.8, 4) is 17.1 Å². The first-order valence-electron chi connectivity index (χ1n) is 7.09. The normalized spacial score (nSPS) is 10.5. The summed E-state index contributed by atoms with van der Waals surface area (Å²) in [5.41, 5.74) is 0.747. The molecule has 112 valence electrons. The fourth-order valence-electron chi connectivity index (χ4n) is 1.91. The molecular formula is C15H19N3O3. The van der Waals surface area contributed by atoms with Crippen molar-refractivity contribution >= 4 is 5.97 Å². The Bertz CT molecular complexity index is 578. The Labute approximate surface area is 123 Å². The number of aromatic nitrogens is 3. The number of aromatic carboxylic acids is 1. The lowest BCUT2D eigenvalue weighted by atomic mass is 10.2. The van der Waals surface area contributed by atoms with E-state index >= 15 is 0 Å². The monoisotopic (exact) mass is 289 g/mol. The van der Waals surface area contributed by atoms with Crippen LogP contribution in [0.2, 0.25) is 0 Å². The zero-order chi connectivity index (χ0) is 15.1. The first-order chi connectivity index (χ1) is 10.2. The van der Waals surface area contributed by atoms with Crippen LogP contribution in [0.25, 0.3) is 11.4 Å². The van der Waals surface area contributed by atoms with Crippen LogP contribution in [0.15, 0.2) is 24.3 Å². The molecule has 21 heavy (non-hydrogen) atoms. The molecule has 0 bridgehead atoms. The summed E-state index contributed by atoms with van der Waals surface area (Å²) < 4.78 is 5.64. The topological polar surface area (TPSA) is 88.1 Å². The molecule has 2 N–H and O–H groups in total. The van der Waals surface area contributed by atoms with Crippen molar-refractivity contribution < 1.29 is 14.6 Å². The number of hydrogen-bond acceptors (Lipinski definition) is 4. The van der Waals surface area contributed by atoms with Crippen LogP contribution in [0.1, 0.15) is 43.2 Å². The predicted molar refractivity (Wildman–Crippen MR) is 78.4 cm³/mol. The van der Waals surface area contributed by atoms with Crippen molar-refractivity contribution in [1.82, 2.24) is 15.2 Å². The summed E-state index contributed by atoms with van der Waals surface area (Å²) in [5.74, 6) is -0.131. The number of rotatable bonds is 8. The Hall–Kier alpha value is -2.37. The molecule has 0 amide bonds. The largest absolute Gasteiger partial charge is 0.494 e. The van der Waals surface area contributed by atoms with Gasteiger partial charge in [0, 0.05) is 5.56 Å². The summed E-state index contributed by atoms with van der Waals surface area (Å²) in [7, 11) is 0. The highest BCUT2D eigenvalue weighted by Gasteiger charge is 2.11. The number of ether oxygens (including phenoxy) is 1. The Kier molecular flexibility index (Phi) is 5.31. The van der Waals surface area contributed by atoms with Crippen LogP contribution in [0, 0.1) is 0 Å². The van der Waals surface area contributed by atoms with E-state index in [0.717, 1.165) is 17.7 Å². The van der Waals surface area contributed by atoms with Crippen LogP contribution in [-0.4, -0.2) is 32.9 Å².